The van der Waals surface area contributed by atoms with Crippen molar-refractivity contribution in [1.82, 2.24) is 19.4 Å². The number of carbonyl (C=O) groups excluding carboxylic acids is 2. The van der Waals surface area contributed by atoms with Crippen molar-refractivity contribution in [2.45, 2.75) is 13.3 Å². The van der Waals surface area contributed by atoms with Gasteiger partial charge in [-0.15, -0.1) is 0 Å². The van der Waals surface area contributed by atoms with Gasteiger partial charge in [0.1, 0.15) is 23.6 Å². The maximum atomic E-state index is 12.9. The molecule has 0 bridgehead atoms. The molecule has 1 N–H and O–H groups in total. The Bertz CT molecular complexity index is 1070. The summed E-state index contributed by atoms with van der Waals surface area (Å²) in [6, 6.07) is 11.5. The van der Waals surface area contributed by atoms with Gasteiger partial charge in [-0.05, 0) is 36.4 Å². The van der Waals surface area contributed by atoms with E-state index in [9.17, 15) is 9.59 Å². The molecule has 1 saturated heterocycles. The summed E-state index contributed by atoms with van der Waals surface area (Å²) < 4.78 is 6.91. The van der Waals surface area contributed by atoms with E-state index in [0.717, 1.165) is 24.5 Å². The molecule has 1 aromatic carbocycles. The normalized spacial score (nSPS) is 13.7. The number of piperazine rings is 1. The van der Waals surface area contributed by atoms with Gasteiger partial charge in [0, 0.05) is 44.5 Å². The highest BCUT2D eigenvalue weighted by atomic mass is 16.5. The molecule has 166 valence electrons. The summed E-state index contributed by atoms with van der Waals surface area (Å²) in [5.74, 6) is 1.29. The van der Waals surface area contributed by atoms with Gasteiger partial charge in [-0.3, -0.25) is 14.2 Å². The Hall–Kier alpha value is -3.88. The van der Waals surface area contributed by atoms with E-state index >= 15 is 0 Å². The van der Waals surface area contributed by atoms with Gasteiger partial charge in [-0.2, -0.15) is 0 Å². The molecule has 2 aromatic heterocycles. The minimum Gasteiger partial charge on any atom is -0.497 e. The molecular formula is C23H26N6O3. The first kappa shape index (κ1) is 21.4. The highest BCUT2D eigenvalue weighted by Crippen LogP contribution is 2.21. The molecule has 3 aromatic rings. The van der Waals surface area contributed by atoms with Crippen molar-refractivity contribution >= 4 is 23.2 Å². The van der Waals surface area contributed by atoms with Crippen LogP contribution in [0.15, 0.2) is 55.1 Å². The van der Waals surface area contributed by atoms with Crippen LogP contribution in [0.3, 0.4) is 0 Å². The topological polar surface area (TPSA) is 92.6 Å². The highest BCUT2D eigenvalue weighted by Gasteiger charge is 2.24. The summed E-state index contributed by atoms with van der Waals surface area (Å²) in [4.78, 5) is 37.1. The van der Waals surface area contributed by atoms with Crippen LogP contribution in [-0.4, -0.2) is 64.5 Å². The number of imidazole rings is 1. The quantitative estimate of drug-likeness (QED) is 0.641. The third-order valence-corrected chi connectivity index (χ3v) is 5.42. The number of hydrogen-bond acceptors (Lipinski definition) is 6. The van der Waals surface area contributed by atoms with E-state index in [4.69, 9.17) is 4.74 Å². The number of benzene rings is 1. The van der Waals surface area contributed by atoms with Crippen LogP contribution in [0.5, 0.6) is 5.75 Å². The van der Waals surface area contributed by atoms with Crippen molar-refractivity contribution in [3.8, 4) is 11.6 Å². The predicted molar refractivity (Wildman–Crippen MR) is 121 cm³/mol. The van der Waals surface area contributed by atoms with Gasteiger partial charge in [-0.25, -0.2) is 9.97 Å². The van der Waals surface area contributed by atoms with Crippen LogP contribution in [0, 0.1) is 0 Å². The second kappa shape index (κ2) is 9.51. The molecule has 9 heteroatoms. The van der Waals surface area contributed by atoms with Gasteiger partial charge in [0.25, 0.3) is 5.91 Å². The van der Waals surface area contributed by atoms with E-state index in [2.05, 4.69) is 20.2 Å². The molecule has 4 rings (SSSR count). The average molecular weight is 435 g/mol. The van der Waals surface area contributed by atoms with Crippen LogP contribution in [0.4, 0.5) is 11.4 Å². The number of nitrogens with zero attached hydrogens (tertiary/aromatic N) is 5. The number of aromatic nitrogens is 3. The monoisotopic (exact) mass is 434 g/mol. The first-order valence-corrected chi connectivity index (χ1v) is 10.6. The molecule has 0 unspecified atom stereocenters. The number of anilines is 2. The Morgan fingerprint density at radius 3 is 2.41 bits per heavy atom. The molecule has 32 heavy (non-hydrogen) atoms. The molecule has 1 aliphatic heterocycles. The smallest absolute Gasteiger partial charge is 0.274 e. The zero-order valence-corrected chi connectivity index (χ0v) is 18.2. The number of pyridine rings is 1. The minimum atomic E-state index is -0.0926. The van der Waals surface area contributed by atoms with Crippen molar-refractivity contribution in [3.05, 3.63) is 60.8 Å². The van der Waals surface area contributed by atoms with E-state index in [1.807, 2.05) is 29.2 Å². The van der Waals surface area contributed by atoms with Gasteiger partial charge >= 0.3 is 0 Å². The number of carbonyl (C=O) groups is 2. The summed E-state index contributed by atoms with van der Waals surface area (Å²) in [6.45, 7) is 4.56. The van der Waals surface area contributed by atoms with E-state index in [-0.39, 0.29) is 11.8 Å². The number of hydrogen-bond donors (Lipinski definition) is 1. The lowest BCUT2D eigenvalue weighted by molar-refractivity contribution is -0.115. The van der Waals surface area contributed by atoms with Gasteiger partial charge in [-0.1, -0.05) is 6.92 Å². The summed E-state index contributed by atoms with van der Waals surface area (Å²) in [5, 5.41) is 2.76. The number of ether oxygens (including phenoxy) is 1. The Kier molecular flexibility index (Phi) is 6.34. The zero-order valence-electron chi connectivity index (χ0n) is 18.2. The second-order valence-electron chi connectivity index (χ2n) is 7.45. The molecular weight excluding hydrogens is 408 g/mol. The van der Waals surface area contributed by atoms with Crippen molar-refractivity contribution in [2.75, 3.05) is 43.5 Å². The SMILES string of the molecule is CCC(=O)Nc1ccc(-n2cnc(C(=O)N3CCN(c4ccc(OC)cc4)CC3)c2)nc1. The second-order valence-corrected chi connectivity index (χ2v) is 7.45. The summed E-state index contributed by atoms with van der Waals surface area (Å²) in [7, 11) is 1.65. The van der Waals surface area contributed by atoms with E-state index < -0.39 is 0 Å². The fourth-order valence-corrected chi connectivity index (χ4v) is 3.54. The molecule has 3 heterocycles. The summed E-state index contributed by atoms with van der Waals surface area (Å²) in [5.41, 5.74) is 2.13. The Balaban J connectivity index is 1.36. The lowest BCUT2D eigenvalue weighted by atomic mass is 10.2. The van der Waals surface area contributed by atoms with Crippen molar-refractivity contribution in [3.63, 3.8) is 0 Å². The summed E-state index contributed by atoms with van der Waals surface area (Å²) >= 11 is 0. The molecule has 0 radical (unpaired) electrons. The minimum absolute atomic E-state index is 0.0675. The maximum absolute atomic E-state index is 12.9. The molecule has 1 fully saturated rings. The van der Waals surface area contributed by atoms with E-state index in [1.165, 1.54) is 0 Å². The maximum Gasteiger partial charge on any atom is 0.274 e. The molecule has 0 spiro atoms. The molecule has 9 nitrogen and oxygen atoms in total. The van der Waals surface area contributed by atoms with Crippen LogP contribution in [0.25, 0.3) is 5.82 Å². The zero-order chi connectivity index (χ0) is 22.5. The van der Waals surface area contributed by atoms with Gasteiger partial charge in [0.05, 0.1) is 19.0 Å². The molecule has 0 aliphatic carbocycles. The fourth-order valence-electron chi connectivity index (χ4n) is 3.54. The number of amides is 2. The van der Waals surface area contributed by atoms with Crippen LogP contribution in [-0.2, 0) is 4.79 Å². The Labute approximate surface area is 186 Å². The number of rotatable bonds is 6. The molecule has 2 amide bonds. The van der Waals surface area contributed by atoms with E-state index in [1.54, 1.807) is 49.5 Å². The van der Waals surface area contributed by atoms with Crippen molar-refractivity contribution in [2.24, 2.45) is 0 Å². The van der Waals surface area contributed by atoms with Crippen LogP contribution >= 0.6 is 0 Å². The fraction of sp³-hybridized carbons (Fsp3) is 0.304. The molecule has 0 atom stereocenters. The molecule has 1 aliphatic rings. The Morgan fingerprint density at radius 2 is 1.78 bits per heavy atom. The highest BCUT2D eigenvalue weighted by molar-refractivity contribution is 5.92. The number of methoxy groups -OCH3 is 1. The van der Waals surface area contributed by atoms with E-state index in [0.29, 0.717) is 36.7 Å². The van der Waals surface area contributed by atoms with Crippen molar-refractivity contribution in [1.29, 1.82) is 0 Å². The summed E-state index contributed by atoms with van der Waals surface area (Å²) in [6.07, 6.45) is 5.25. The number of nitrogens with one attached hydrogen (secondary N) is 1. The Morgan fingerprint density at radius 1 is 1.03 bits per heavy atom. The standard InChI is InChI=1S/C23H26N6O3/c1-3-22(30)26-17-4-9-21(24-14-17)29-15-20(25-16-29)23(31)28-12-10-27(11-13-28)18-5-7-19(32-2)8-6-18/h4-9,14-16H,3,10-13H2,1-2H3,(H,26,30). The largest absolute Gasteiger partial charge is 0.497 e. The van der Waals surface area contributed by atoms with Gasteiger partial charge in [0.15, 0.2) is 0 Å². The van der Waals surface area contributed by atoms with Crippen LogP contribution < -0.4 is 15.0 Å². The molecule has 0 saturated carbocycles. The van der Waals surface area contributed by atoms with Gasteiger partial charge < -0.3 is 19.9 Å². The first-order valence-electron chi connectivity index (χ1n) is 10.6. The predicted octanol–water partition coefficient (Wildman–Crippen LogP) is 2.59. The van der Waals surface area contributed by atoms with Crippen LogP contribution in [0.2, 0.25) is 0 Å². The first-order chi connectivity index (χ1) is 15.6. The lowest BCUT2D eigenvalue weighted by Gasteiger charge is -2.35. The van der Waals surface area contributed by atoms with Crippen LogP contribution in [0.1, 0.15) is 23.8 Å². The van der Waals surface area contributed by atoms with Gasteiger partial charge in [0.2, 0.25) is 5.91 Å². The van der Waals surface area contributed by atoms with Crippen molar-refractivity contribution < 1.29 is 14.3 Å². The average Bonchev–Trinajstić information content (AvgIpc) is 3.34. The third-order valence-electron chi connectivity index (χ3n) is 5.42. The third kappa shape index (κ3) is 4.72. The lowest BCUT2D eigenvalue weighted by Crippen LogP contribution is -2.48.